The molecule has 0 aromatic heterocycles. The molecule has 2 rings (SSSR count). The first kappa shape index (κ1) is 11.3. The van der Waals surface area contributed by atoms with E-state index in [0.29, 0.717) is 5.54 Å². The Morgan fingerprint density at radius 1 is 1.40 bits per heavy atom. The second-order valence-electron chi connectivity index (χ2n) is 5.27. The molecule has 1 aliphatic heterocycles. The SMILES string of the molecule is CC(C)CCN=C1NC2(CCCC2)CS1. The lowest BCUT2D eigenvalue weighted by atomic mass is 10.0. The number of nitrogens with one attached hydrogen (secondary N) is 1. The summed E-state index contributed by atoms with van der Waals surface area (Å²) in [6.07, 6.45) is 6.70. The van der Waals surface area contributed by atoms with E-state index in [0.717, 1.165) is 12.5 Å². The zero-order valence-electron chi connectivity index (χ0n) is 9.88. The van der Waals surface area contributed by atoms with E-state index >= 15 is 0 Å². The average molecular weight is 226 g/mol. The van der Waals surface area contributed by atoms with Crippen molar-refractivity contribution in [3.05, 3.63) is 0 Å². The highest BCUT2D eigenvalue weighted by Gasteiger charge is 2.39. The van der Waals surface area contributed by atoms with E-state index in [4.69, 9.17) is 0 Å². The van der Waals surface area contributed by atoms with Crippen molar-refractivity contribution in [1.29, 1.82) is 0 Å². The molecule has 0 aromatic carbocycles. The summed E-state index contributed by atoms with van der Waals surface area (Å²) in [6, 6.07) is 0. The first-order chi connectivity index (χ1) is 7.20. The number of aliphatic imine (C=N–C) groups is 1. The van der Waals surface area contributed by atoms with Crippen LogP contribution in [0, 0.1) is 5.92 Å². The maximum Gasteiger partial charge on any atom is 0.157 e. The Kier molecular flexibility index (Phi) is 3.60. The number of thioether (sulfide) groups is 1. The van der Waals surface area contributed by atoms with Crippen LogP contribution in [0.2, 0.25) is 0 Å². The molecule has 0 amide bonds. The Labute approximate surface area is 97.3 Å². The van der Waals surface area contributed by atoms with Gasteiger partial charge in [-0.05, 0) is 25.2 Å². The van der Waals surface area contributed by atoms with Gasteiger partial charge in [0.25, 0.3) is 0 Å². The van der Waals surface area contributed by atoms with Crippen molar-refractivity contribution < 1.29 is 0 Å². The lowest BCUT2D eigenvalue weighted by Crippen LogP contribution is -2.40. The molecule has 3 heteroatoms. The van der Waals surface area contributed by atoms with Crippen LogP contribution < -0.4 is 5.32 Å². The van der Waals surface area contributed by atoms with Crippen molar-refractivity contribution in [2.45, 2.75) is 51.5 Å². The van der Waals surface area contributed by atoms with Gasteiger partial charge in [-0.1, -0.05) is 38.5 Å². The summed E-state index contributed by atoms with van der Waals surface area (Å²) in [5.74, 6) is 2.01. The number of hydrogen-bond donors (Lipinski definition) is 1. The van der Waals surface area contributed by atoms with Gasteiger partial charge in [0.05, 0.1) is 0 Å². The summed E-state index contributed by atoms with van der Waals surface area (Å²) in [5, 5.41) is 4.86. The number of nitrogens with zero attached hydrogens (tertiary/aromatic N) is 1. The molecule has 1 heterocycles. The Morgan fingerprint density at radius 2 is 2.13 bits per heavy atom. The zero-order valence-corrected chi connectivity index (χ0v) is 10.7. The number of hydrogen-bond acceptors (Lipinski definition) is 2. The molecular formula is C12H22N2S. The molecule has 1 spiro atoms. The fraction of sp³-hybridized carbons (Fsp3) is 0.917. The summed E-state index contributed by atoms with van der Waals surface area (Å²) in [6.45, 7) is 5.50. The number of amidine groups is 1. The molecular weight excluding hydrogens is 204 g/mol. The van der Waals surface area contributed by atoms with Crippen molar-refractivity contribution in [2.75, 3.05) is 12.3 Å². The summed E-state index contributed by atoms with van der Waals surface area (Å²) < 4.78 is 0. The van der Waals surface area contributed by atoms with Gasteiger partial charge in [-0.15, -0.1) is 0 Å². The molecule has 0 unspecified atom stereocenters. The second-order valence-corrected chi connectivity index (χ2v) is 6.23. The van der Waals surface area contributed by atoms with Crippen LogP contribution in [-0.4, -0.2) is 23.0 Å². The first-order valence-electron chi connectivity index (χ1n) is 6.16. The van der Waals surface area contributed by atoms with Gasteiger partial charge >= 0.3 is 0 Å². The van der Waals surface area contributed by atoms with Crippen LogP contribution in [0.25, 0.3) is 0 Å². The van der Waals surface area contributed by atoms with E-state index in [1.54, 1.807) is 0 Å². The zero-order chi connectivity index (χ0) is 10.7. The van der Waals surface area contributed by atoms with Gasteiger partial charge < -0.3 is 5.32 Å². The third-order valence-electron chi connectivity index (χ3n) is 3.38. The van der Waals surface area contributed by atoms with Gasteiger partial charge in [0.2, 0.25) is 0 Å². The van der Waals surface area contributed by atoms with Crippen LogP contribution in [0.5, 0.6) is 0 Å². The Balaban J connectivity index is 1.81. The van der Waals surface area contributed by atoms with Crippen molar-refractivity contribution in [2.24, 2.45) is 10.9 Å². The van der Waals surface area contributed by atoms with Gasteiger partial charge in [0.15, 0.2) is 5.17 Å². The van der Waals surface area contributed by atoms with E-state index in [1.165, 1.54) is 43.0 Å². The Morgan fingerprint density at radius 3 is 2.80 bits per heavy atom. The molecule has 2 fully saturated rings. The summed E-state index contributed by atoms with van der Waals surface area (Å²) in [4.78, 5) is 4.65. The van der Waals surface area contributed by atoms with Gasteiger partial charge in [0, 0.05) is 17.8 Å². The van der Waals surface area contributed by atoms with Gasteiger partial charge in [-0.25, -0.2) is 0 Å². The fourth-order valence-electron chi connectivity index (χ4n) is 2.34. The third kappa shape index (κ3) is 2.90. The van der Waals surface area contributed by atoms with Crippen molar-refractivity contribution >= 4 is 16.9 Å². The van der Waals surface area contributed by atoms with Crippen LogP contribution in [-0.2, 0) is 0 Å². The highest BCUT2D eigenvalue weighted by Crippen LogP contribution is 2.37. The molecule has 2 nitrogen and oxygen atoms in total. The normalized spacial score (nSPS) is 26.7. The fourth-order valence-corrected chi connectivity index (χ4v) is 3.58. The van der Waals surface area contributed by atoms with Crippen molar-refractivity contribution in [3.8, 4) is 0 Å². The van der Waals surface area contributed by atoms with Crippen LogP contribution >= 0.6 is 11.8 Å². The lowest BCUT2D eigenvalue weighted by molar-refractivity contribution is 0.452. The van der Waals surface area contributed by atoms with Gasteiger partial charge in [0.1, 0.15) is 0 Å². The van der Waals surface area contributed by atoms with Crippen molar-refractivity contribution in [1.82, 2.24) is 5.32 Å². The predicted octanol–water partition coefficient (Wildman–Crippen LogP) is 3.04. The minimum Gasteiger partial charge on any atom is -0.359 e. The molecule has 1 aliphatic carbocycles. The molecule has 1 saturated carbocycles. The van der Waals surface area contributed by atoms with E-state index in [9.17, 15) is 0 Å². The average Bonchev–Trinajstić information content (AvgIpc) is 2.78. The van der Waals surface area contributed by atoms with Crippen LogP contribution in [0.3, 0.4) is 0 Å². The van der Waals surface area contributed by atoms with E-state index < -0.39 is 0 Å². The standard InChI is InChI=1S/C12H22N2S/c1-10(2)5-8-13-11-14-12(9-15-11)6-3-4-7-12/h10H,3-9H2,1-2H3,(H,13,14). The highest BCUT2D eigenvalue weighted by molar-refractivity contribution is 8.14. The first-order valence-corrected chi connectivity index (χ1v) is 7.14. The van der Waals surface area contributed by atoms with E-state index in [1.807, 2.05) is 11.8 Å². The van der Waals surface area contributed by atoms with Gasteiger partial charge in [-0.3, -0.25) is 4.99 Å². The molecule has 0 atom stereocenters. The minimum atomic E-state index is 0.432. The third-order valence-corrected chi connectivity index (χ3v) is 4.58. The summed E-state index contributed by atoms with van der Waals surface area (Å²) in [5.41, 5.74) is 0.432. The molecule has 2 aliphatic rings. The molecule has 15 heavy (non-hydrogen) atoms. The molecule has 0 bridgehead atoms. The highest BCUT2D eigenvalue weighted by atomic mass is 32.2. The van der Waals surface area contributed by atoms with Gasteiger partial charge in [-0.2, -0.15) is 0 Å². The molecule has 0 radical (unpaired) electrons. The molecule has 0 aromatic rings. The van der Waals surface area contributed by atoms with E-state index in [2.05, 4.69) is 24.2 Å². The summed E-state index contributed by atoms with van der Waals surface area (Å²) >= 11 is 1.93. The monoisotopic (exact) mass is 226 g/mol. The maximum absolute atomic E-state index is 4.65. The Hall–Kier alpha value is -0.180. The predicted molar refractivity (Wildman–Crippen MR) is 68.5 cm³/mol. The van der Waals surface area contributed by atoms with E-state index in [-0.39, 0.29) is 0 Å². The summed E-state index contributed by atoms with van der Waals surface area (Å²) in [7, 11) is 0. The molecule has 1 saturated heterocycles. The minimum absolute atomic E-state index is 0.432. The second kappa shape index (κ2) is 4.77. The lowest BCUT2D eigenvalue weighted by Gasteiger charge is -2.21. The van der Waals surface area contributed by atoms with Crippen molar-refractivity contribution in [3.63, 3.8) is 0 Å². The van der Waals surface area contributed by atoms with Crippen LogP contribution in [0.1, 0.15) is 46.0 Å². The quantitative estimate of drug-likeness (QED) is 0.800. The molecule has 86 valence electrons. The smallest absolute Gasteiger partial charge is 0.157 e. The molecule has 1 N–H and O–H groups in total. The van der Waals surface area contributed by atoms with Crippen LogP contribution in [0.4, 0.5) is 0 Å². The topological polar surface area (TPSA) is 24.4 Å². The number of rotatable bonds is 3. The largest absolute Gasteiger partial charge is 0.359 e. The van der Waals surface area contributed by atoms with Crippen LogP contribution in [0.15, 0.2) is 4.99 Å². The Bertz CT molecular complexity index is 242. The maximum atomic E-state index is 4.65.